The Morgan fingerprint density at radius 2 is 1.97 bits per heavy atom. The van der Waals surface area contributed by atoms with E-state index in [0.717, 1.165) is 35.9 Å². The maximum Gasteiger partial charge on any atom is 0.214 e. The Morgan fingerprint density at radius 3 is 2.62 bits per heavy atom. The van der Waals surface area contributed by atoms with Crippen molar-refractivity contribution in [3.63, 3.8) is 0 Å². The van der Waals surface area contributed by atoms with Gasteiger partial charge in [-0.3, -0.25) is 4.98 Å². The molecular weight excluding hydrogens is 382 g/mol. The van der Waals surface area contributed by atoms with E-state index in [9.17, 15) is 8.42 Å². The summed E-state index contributed by atoms with van der Waals surface area (Å²) >= 11 is 0. The van der Waals surface area contributed by atoms with E-state index in [1.807, 2.05) is 12.3 Å². The van der Waals surface area contributed by atoms with Crippen LogP contribution in [0.4, 0.5) is 0 Å². The molecule has 0 saturated heterocycles. The van der Waals surface area contributed by atoms with Crippen molar-refractivity contribution in [2.24, 2.45) is 5.41 Å². The van der Waals surface area contributed by atoms with E-state index < -0.39 is 10.0 Å². The molecule has 29 heavy (non-hydrogen) atoms. The lowest BCUT2D eigenvalue weighted by Crippen LogP contribution is -2.30. The number of hydrogen-bond acceptors (Lipinski definition) is 3. The number of sulfonamides is 1. The van der Waals surface area contributed by atoms with Gasteiger partial charge in [-0.15, -0.1) is 0 Å². The molecule has 1 saturated carbocycles. The first-order chi connectivity index (χ1) is 13.7. The van der Waals surface area contributed by atoms with E-state index in [-0.39, 0.29) is 10.7 Å². The fourth-order valence-corrected chi connectivity index (χ4v) is 5.15. The quantitative estimate of drug-likeness (QED) is 0.628. The molecule has 1 aliphatic carbocycles. The molecule has 6 heteroatoms. The minimum Gasteiger partial charge on any atom is -0.346 e. The molecule has 2 aromatic heterocycles. The van der Waals surface area contributed by atoms with Crippen LogP contribution in [0.1, 0.15) is 39.2 Å². The summed E-state index contributed by atoms with van der Waals surface area (Å²) in [6.45, 7) is 7.77. The molecule has 4 rings (SSSR count). The minimum absolute atomic E-state index is 0.164. The lowest BCUT2D eigenvalue weighted by atomic mass is 9.88. The lowest BCUT2D eigenvalue weighted by molar-refractivity contribution is 0.412. The topological polar surface area (TPSA) is 64.0 Å². The highest BCUT2D eigenvalue weighted by Crippen LogP contribution is 2.32. The zero-order valence-corrected chi connectivity index (χ0v) is 18.2. The van der Waals surface area contributed by atoms with Crippen LogP contribution in [0.5, 0.6) is 0 Å². The van der Waals surface area contributed by atoms with E-state index >= 15 is 0 Å². The highest BCUT2D eigenvalue weighted by Gasteiger charge is 2.35. The van der Waals surface area contributed by atoms with Crippen molar-refractivity contribution in [2.75, 3.05) is 6.54 Å². The van der Waals surface area contributed by atoms with Crippen LogP contribution >= 0.6 is 0 Å². The first-order valence-electron chi connectivity index (χ1n) is 10.2. The maximum atomic E-state index is 12.1. The molecule has 1 fully saturated rings. The molecule has 1 aromatic carbocycles. The van der Waals surface area contributed by atoms with Crippen LogP contribution in [-0.4, -0.2) is 29.8 Å². The van der Waals surface area contributed by atoms with E-state index in [2.05, 4.69) is 65.5 Å². The molecule has 2 heterocycles. The predicted octanol–water partition coefficient (Wildman–Crippen LogP) is 4.37. The van der Waals surface area contributed by atoms with Crippen LogP contribution in [0.15, 0.2) is 48.9 Å². The summed E-state index contributed by atoms with van der Waals surface area (Å²) in [5, 5.41) is 1.05. The molecule has 0 bridgehead atoms. The van der Waals surface area contributed by atoms with Gasteiger partial charge in [0.25, 0.3) is 0 Å². The van der Waals surface area contributed by atoms with Crippen LogP contribution in [0.2, 0.25) is 0 Å². The van der Waals surface area contributed by atoms with Gasteiger partial charge in [0.15, 0.2) is 0 Å². The predicted molar refractivity (Wildman–Crippen MR) is 118 cm³/mol. The Balaban J connectivity index is 1.65. The molecule has 0 unspecified atom stereocenters. The Labute approximate surface area is 173 Å². The number of nitrogens with zero attached hydrogens (tertiary/aromatic N) is 2. The third-order valence-electron chi connectivity index (χ3n) is 5.30. The van der Waals surface area contributed by atoms with Crippen LogP contribution in [0.3, 0.4) is 0 Å². The van der Waals surface area contributed by atoms with E-state index in [1.54, 1.807) is 6.20 Å². The summed E-state index contributed by atoms with van der Waals surface area (Å²) < 4.78 is 29.2. The summed E-state index contributed by atoms with van der Waals surface area (Å²) in [7, 11) is -3.15. The summed E-state index contributed by atoms with van der Waals surface area (Å²) in [6.07, 6.45) is 8.39. The van der Waals surface area contributed by atoms with Gasteiger partial charge in [-0.1, -0.05) is 32.9 Å². The van der Waals surface area contributed by atoms with Gasteiger partial charge in [-0.05, 0) is 54.0 Å². The van der Waals surface area contributed by atoms with Crippen LogP contribution in [0, 0.1) is 5.41 Å². The molecule has 5 nitrogen and oxygen atoms in total. The SMILES string of the molecule is CC(C)(C)Cc1cn(CCNS(=O)(=O)C2CC2)c2ccc(-c3cccnc3)cc12. The summed E-state index contributed by atoms with van der Waals surface area (Å²) in [5.74, 6) is 0. The Kier molecular flexibility index (Phi) is 5.25. The highest BCUT2D eigenvalue weighted by molar-refractivity contribution is 7.90. The second-order valence-corrected chi connectivity index (χ2v) is 11.2. The number of aromatic nitrogens is 2. The van der Waals surface area contributed by atoms with E-state index in [1.165, 1.54) is 10.9 Å². The van der Waals surface area contributed by atoms with Gasteiger partial charge in [0.2, 0.25) is 10.0 Å². The van der Waals surface area contributed by atoms with Crippen molar-refractivity contribution in [1.82, 2.24) is 14.3 Å². The van der Waals surface area contributed by atoms with Crippen LogP contribution in [0.25, 0.3) is 22.0 Å². The second-order valence-electron chi connectivity index (χ2n) is 9.20. The van der Waals surface area contributed by atoms with Gasteiger partial charge >= 0.3 is 0 Å². The standard InChI is InChI=1S/C23H29N3O2S/c1-23(2,3)14-19-16-26(12-11-25-29(27,28)20-7-8-20)22-9-6-17(13-21(19)22)18-5-4-10-24-15-18/h4-6,9-10,13,15-16,20,25H,7-8,11-12,14H2,1-3H3. The van der Waals surface area contributed by atoms with Gasteiger partial charge in [-0.2, -0.15) is 0 Å². The highest BCUT2D eigenvalue weighted by atomic mass is 32.2. The van der Waals surface area contributed by atoms with Gasteiger partial charge in [-0.25, -0.2) is 13.1 Å². The van der Waals surface area contributed by atoms with Crippen molar-refractivity contribution in [3.05, 3.63) is 54.5 Å². The number of fused-ring (bicyclic) bond motifs is 1. The zero-order chi connectivity index (χ0) is 20.6. The van der Waals surface area contributed by atoms with Crippen molar-refractivity contribution in [2.45, 2.75) is 51.8 Å². The van der Waals surface area contributed by atoms with Crippen LogP contribution < -0.4 is 4.72 Å². The second kappa shape index (κ2) is 7.58. The fourth-order valence-electron chi connectivity index (χ4n) is 3.79. The molecule has 0 spiro atoms. The Hall–Kier alpha value is -2.18. The Bertz CT molecular complexity index is 1110. The molecular formula is C23H29N3O2S. The molecule has 154 valence electrons. The van der Waals surface area contributed by atoms with Gasteiger partial charge in [0.05, 0.1) is 5.25 Å². The monoisotopic (exact) mass is 411 g/mol. The van der Waals surface area contributed by atoms with E-state index in [0.29, 0.717) is 13.1 Å². The molecule has 0 amide bonds. The number of pyridine rings is 1. The number of benzene rings is 1. The minimum atomic E-state index is -3.15. The zero-order valence-electron chi connectivity index (χ0n) is 17.4. The summed E-state index contributed by atoms with van der Waals surface area (Å²) in [6, 6.07) is 10.5. The largest absolute Gasteiger partial charge is 0.346 e. The fraction of sp³-hybridized carbons (Fsp3) is 0.435. The summed E-state index contributed by atoms with van der Waals surface area (Å²) in [4.78, 5) is 4.24. The van der Waals surface area contributed by atoms with Crippen molar-refractivity contribution in [3.8, 4) is 11.1 Å². The smallest absolute Gasteiger partial charge is 0.214 e. The number of nitrogens with one attached hydrogen (secondary N) is 1. The first kappa shape index (κ1) is 20.1. The average molecular weight is 412 g/mol. The van der Waals surface area contributed by atoms with Crippen molar-refractivity contribution >= 4 is 20.9 Å². The molecule has 0 radical (unpaired) electrons. The number of rotatable bonds is 7. The normalized spacial score (nSPS) is 15.1. The third-order valence-corrected chi connectivity index (χ3v) is 7.25. The first-order valence-corrected chi connectivity index (χ1v) is 11.8. The maximum absolute atomic E-state index is 12.1. The Morgan fingerprint density at radius 1 is 1.17 bits per heavy atom. The van der Waals surface area contributed by atoms with Crippen molar-refractivity contribution in [1.29, 1.82) is 0 Å². The van der Waals surface area contributed by atoms with E-state index in [4.69, 9.17) is 0 Å². The van der Waals surface area contributed by atoms with Gasteiger partial charge in [0, 0.05) is 48.1 Å². The van der Waals surface area contributed by atoms with Gasteiger partial charge in [0.1, 0.15) is 0 Å². The molecule has 1 N–H and O–H groups in total. The van der Waals surface area contributed by atoms with Crippen LogP contribution in [-0.2, 0) is 23.0 Å². The molecule has 0 aliphatic heterocycles. The molecule has 0 atom stereocenters. The lowest BCUT2D eigenvalue weighted by Gasteiger charge is -2.17. The summed E-state index contributed by atoms with van der Waals surface area (Å²) in [5.41, 5.74) is 4.84. The average Bonchev–Trinajstić information content (AvgIpc) is 3.47. The van der Waals surface area contributed by atoms with Gasteiger partial charge < -0.3 is 4.57 Å². The molecule has 1 aliphatic rings. The number of hydrogen-bond donors (Lipinski definition) is 1. The molecule has 3 aromatic rings. The van der Waals surface area contributed by atoms with Crippen molar-refractivity contribution < 1.29 is 8.42 Å². The third kappa shape index (κ3) is 4.70.